The summed E-state index contributed by atoms with van der Waals surface area (Å²) in [4.78, 5) is 20.8. The number of carbonyl (C=O) groups excluding carboxylic acids is 1. The molecule has 1 atom stereocenters. The maximum Gasteiger partial charge on any atom is 0.256 e. The lowest BCUT2D eigenvalue weighted by Crippen LogP contribution is -2.53. The Labute approximate surface area is 161 Å². The summed E-state index contributed by atoms with van der Waals surface area (Å²) < 4.78 is 5.76. The molecule has 0 spiro atoms. The highest BCUT2D eigenvalue weighted by atomic mass is 16.5. The molecular weight excluding hydrogens is 338 g/mol. The van der Waals surface area contributed by atoms with Crippen LogP contribution in [0.3, 0.4) is 0 Å². The zero-order valence-corrected chi connectivity index (χ0v) is 16.3. The molecule has 1 unspecified atom stereocenters. The number of aromatic amines is 1. The monoisotopic (exact) mass is 367 g/mol. The molecule has 5 heteroatoms. The Morgan fingerprint density at radius 2 is 2.04 bits per heavy atom. The lowest BCUT2D eigenvalue weighted by atomic mass is 10.1. The summed E-state index contributed by atoms with van der Waals surface area (Å²) >= 11 is 0. The van der Waals surface area contributed by atoms with Crippen molar-refractivity contribution in [3.05, 3.63) is 53.3 Å². The lowest BCUT2D eigenvalue weighted by molar-refractivity contribution is 0.0473. The molecule has 4 rings (SSSR count). The fourth-order valence-corrected chi connectivity index (χ4v) is 4.08. The summed E-state index contributed by atoms with van der Waals surface area (Å²) in [6.45, 7) is 8.25. The predicted octanol–water partition coefficient (Wildman–Crippen LogP) is 3.64. The predicted molar refractivity (Wildman–Crippen MR) is 106 cm³/mol. The molecule has 2 aromatic rings. The van der Waals surface area contributed by atoms with Crippen LogP contribution in [0.2, 0.25) is 0 Å². The molecule has 1 saturated heterocycles. The number of rotatable bonds is 6. The molecule has 2 fully saturated rings. The van der Waals surface area contributed by atoms with E-state index in [0.717, 1.165) is 43.2 Å². The summed E-state index contributed by atoms with van der Waals surface area (Å²) in [5.74, 6) is 1.71. The molecule has 0 radical (unpaired) electrons. The van der Waals surface area contributed by atoms with E-state index in [-0.39, 0.29) is 11.9 Å². The first-order valence-corrected chi connectivity index (χ1v) is 10.1. The van der Waals surface area contributed by atoms with E-state index in [0.29, 0.717) is 12.5 Å². The van der Waals surface area contributed by atoms with Crippen molar-refractivity contribution in [3.63, 3.8) is 0 Å². The number of ether oxygens (including phenoxy) is 1. The summed E-state index contributed by atoms with van der Waals surface area (Å²) in [5, 5.41) is 0. The molecule has 5 nitrogen and oxygen atoms in total. The number of nitrogens with one attached hydrogen (secondary N) is 1. The average molecular weight is 367 g/mol. The number of nitrogens with zero attached hydrogens (tertiary/aromatic N) is 2. The number of aromatic nitrogens is 1. The van der Waals surface area contributed by atoms with Crippen molar-refractivity contribution >= 4 is 5.91 Å². The van der Waals surface area contributed by atoms with Crippen molar-refractivity contribution in [2.75, 3.05) is 26.2 Å². The smallest absolute Gasteiger partial charge is 0.256 e. The third kappa shape index (κ3) is 3.88. The standard InChI is InChI=1S/C22H29N3O2/c1-3-27-20-7-5-4-6-18(20)15-24-12-13-25(16(2)14-24)22(26)19-10-11-23-21(19)17-8-9-17/h4-7,10-11,16-17,23H,3,8-9,12-15H2,1-2H3. The zero-order valence-electron chi connectivity index (χ0n) is 16.3. The van der Waals surface area contributed by atoms with Crippen molar-refractivity contribution in [2.24, 2.45) is 0 Å². The number of benzene rings is 1. The van der Waals surface area contributed by atoms with Gasteiger partial charge < -0.3 is 14.6 Å². The van der Waals surface area contributed by atoms with Crippen molar-refractivity contribution in [1.82, 2.24) is 14.8 Å². The van der Waals surface area contributed by atoms with Crippen molar-refractivity contribution in [2.45, 2.75) is 45.2 Å². The lowest BCUT2D eigenvalue weighted by Gasteiger charge is -2.40. The summed E-state index contributed by atoms with van der Waals surface area (Å²) in [6, 6.07) is 10.4. The first-order valence-electron chi connectivity index (χ1n) is 10.1. The van der Waals surface area contributed by atoms with E-state index >= 15 is 0 Å². The van der Waals surface area contributed by atoms with Gasteiger partial charge in [0.1, 0.15) is 5.75 Å². The van der Waals surface area contributed by atoms with E-state index in [1.807, 2.05) is 36.2 Å². The van der Waals surface area contributed by atoms with Crippen LogP contribution in [0.5, 0.6) is 5.75 Å². The Morgan fingerprint density at radius 1 is 1.22 bits per heavy atom. The van der Waals surface area contributed by atoms with Crippen molar-refractivity contribution in [3.8, 4) is 5.75 Å². The topological polar surface area (TPSA) is 48.6 Å². The molecule has 27 heavy (non-hydrogen) atoms. The number of hydrogen-bond donors (Lipinski definition) is 1. The first-order chi connectivity index (χ1) is 13.2. The van der Waals surface area contributed by atoms with Crippen molar-refractivity contribution in [1.29, 1.82) is 0 Å². The molecule has 1 saturated carbocycles. The van der Waals surface area contributed by atoms with Gasteiger partial charge in [-0.15, -0.1) is 0 Å². The summed E-state index contributed by atoms with van der Waals surface area (Å²) in [7, 11) is 0. The van der Waals surface area contributed by atoms with Gasteiger partial charge in [0.05, 0.1) is 12.2 Å². The van der Waals surface area contributed by atoms with Gasteiger partial charge in [0.15, 0.2) is 0 Å². The normalized spacial score (nSPS) is 20.7. The molecule has 1 aliphatic carbocycles. The minimum Gasteiger partial charge on any atom is -0.494 e. The van der Waals surface area contributed by atoms with Gasteiger partial charge in [-0.3, -0.25) is 9.69 Å². The Bertz CT molecular complexity index is 796. The van der Waals surface area contributed by atoms with Gasteiger partial charge in [-0.25, -0.2) is 0 Å². The Morgan fingerprint density at radius 3 is 2.78 bits per heavy atom. The number of hydrogen-bond acceptors (Lipinski definition) is 3. The molecule has 1 amide bonds. The molecule has 2 heterocycles. The van der Waals surface area contributed by atoms with Crippen molar-refractivity contribution < 1.29 is 9.53 Å². The fraction of sp³-hybridized carbons (Fsp3) is 0.500. The van der Waals surface area contributed by atoms with E-state index < -0.39 is 0 Å². The van der Waals surface area contributed by atoms with E-state index in [4.69, 9.17) is 4.74 Å². The second-order valence-electron chi connectivity index (χ2n) is 7.70. The number of amides is 1. The first kappa shape index (κ1) is 18.1. The van der Waals surface area contributed by atoms with Crippen LogP contribution < -0.4 is 4.74 Å². The highest BCUT2D eigenvalue weighted by Gasteiger charge is 2.33. The van der Waals surface area contributed by atoms with Gasteiger partial charge in [-0.05, 0) is 44.7 Å². The van der Waals surface area contributed by atoms with Gasteiger partial charge in [0.25, 0.3) is 5.91 Å². The summed E-state index contributed by atoms with van der Waals surface area (Å²) in [5.41, 5.74) is 3.23. The average Bonchev–Trinajstić information content (AvgIpc) is 3.40. The van der Waals surface area contributed by atoms with Crippen LogP contribution in [-0.2, 0) is 6.54 Å². The summed E-state index contributed by atoms with van der Waals surface area (Å²) in [6.07, 6.45) is 4.30. The van der Waals surface area contributed by atoms with Crippen LogP contribution in [0.15, 0.2) is 36.5 Å². The maximum atomic E-state index is 13.1. The number of carbonyl (C=O) groups is 1. The Balaban J connectivity index is 1.41. The third-order valence-corrected chi connectivity index (χ3v) is 5.63. The molecule has 1 aromatic heterocycles. The van der Waals surface area contributed by atoms with E-state index in [1.165, 1.54) is 18.4 Å². The maximum absolute atomic E-state index is 13.1. The van der Waals surface area contributed by atoms with Gasteiger partial charge in [-0.1, -0.05) is 18.2 Å². The van der Waals surface area contributed by atoms with Crippen LogP contribution in [0, 0.1) is 0 Å². The number of para-hydroxylation sites is 1. The largest absolute Gasteiger partial charge is 0.494 e. The molecule has 1 aromatic carbocycles. The minimum absolute atomic E-state index is 0.181. The molecule has 1 N–H and O–H groups in total. The molecule has 144 valence electrons. The molecule has 0 bridgehead atoms. The molecular formula is C22H29N3O2. The third-order valence-electron chi connectivity index (χ3n) is 5.63. The van der Waals surface area contributed by atoms with E-state index in [1.54, 1.807) is 0 Å². The van der Waals surface area contributed by atoms with Gasteiger partial charge in [0, 0.05) is 49.7 Å². The Hall–Kier alpha value is -2.27. The minimum atomic E-state index is 0.181. The van der Waals surface area contributed by atoms with Crippen LogP contribution in [0.1, 0.15) is 54.2 Å². The Kier molecular flexibility index (Phi) is 5.21. The number of piperazine rings is 1. The SMILES string of the molecule is CCOc1ccccc1CN1CCN(C(=O)c2cc[nH]c2C2CC2)C(C)C1. The van der Waals surface area contributed by atoms with Crippen LogP contribution in [-0.4, -0.2) is 53.0 Å². The highest BCUT2D eigenvalue weighted by Crippen LogP contribution is 2.41. The van der Waals surface area contributed by atoms with E-state index in [2.05, 4.69) is 28.9 Å². The van der Waals surface area contributed by atoms with Crippen LogP contribution in [0.25, 0.3) is 0 Å². The van der Waals surface area contributed by atoms with Gasteiger partial charge in [0.2, 0.25) is 0 Å². The molecule has 1 aliphatic heterocycles. The van der Waals surface area contributed by atoms with Crippen LogP contribution >= 0.6 is 0 Å². The molecule has 2 aliphatic rings. The van der Waals surface area contributed by atoms with Gasteiger partial charge in [-0.2, -0.15) is 0 Å². The van der Waals surface area contributed by atoms with Gasteiger partial charge >= 0.3 is 0 Å². The highest BCUT2D eigenvalue weighted by molar-refractivity contribution is 5.96. The van der Waals surface area contributed by atoms with E-state index in [9.17, 15) is 4.79 Å². The fourth-order valence-electron chi connectivity index (χ4n) is 4.08. The quantitative estimate of drug-likeness (QED) is 0.848. The zero-order chi connectivity index (χ0) is 18.8. The number of H-pyrrole nitrogens is 1. The second kappa shape index (κ2) is 7.77. The second-order valence-corrected chi connectivity index (χ2v) is 7.70. The van der Waals surface area contributed by atoms with Crippen LogP contribution in [0.4, 0.5) is 0 Å².